The van der Waals surface area contributed by atoms with E-state index in [2.05, 4.69) is 16.9 Å². The zero-order valence-corrected chi connectivity index (χ0v) is 18.8. The molecule has 1 fully saturated rings. The Kier molecular flexibility index (Phi) is 5.23. The fourth-order valence-corrected chi connectivity index (χ4v) is 4.67. The summed E-state index contributed by atoms with van der Waals surface area (Å²) >= 11 is 6.24. The number of fused-ring (bicyclic) bond motifs is 3. The van der Waals surface area contributed by atoms with Crippen molar-refractivity contribution in [2.75, 3.05) is 32.7 Å². The topological polar surface area (TPSA) is 63.4 Å². The molecule has 2 aromatic heterocycles. The second kappa shape index (κ2) is 8.07. The fourth-order valence-electron chi connectivity index (χ4n) is 4.51. The maximum atomic E-state index is 13.7. The lowest BCUT2D eigenvalue weighted by Gasteiger charge is -2.34. The Morgan fingerprint density at radius 3 is 2.47 bits per heavy atom. The van der Waals surface area contributed by atoms with E-state index in [1.165, 1.54) is 4.68 Å². The first kappa shape index (κ1) is 20.7. The number of carbonyl (C=O) groups excluding carboxylic acids is 1. The average Bonchev–Trinajstić information content (AvgIpc) is 3.12. The van der Waals surface area contributed by atoms with Crippen molar-refractivity contribution in [1.29, 1.82) is 0 Å². The van der Waals surface area contributed by atoms with Gasteiger partial charge in [-0.1, -0.05) is 42.8 Å². The molecule has 0 N–H and O–H groups in total. The summed E-state index contributed by atoms with van der Waals surface area (Å²) < 4.78 is 3.14. The summed E-state index contributed by atoms with van der Waals surface area (Å²) in [6.07, 6.45) is 0. The maximum Gasteiger partial charge on any atom is 0.296 e. The highest BCUT2D eigenvalue weighted by atomic mass is 35.5. The number of likely N-dealkylation sites (N-methyl/N-ethyl adjacent to an activating group) is 1. The number of piperazine rings is 1. The molecule has 0 atom stereocenters. The van der Waals surface area contributed by atoms with Gasteiger partial charge in [-0.2, -0.15) is 9.78 Å². The van der Waals surface area contributed by atoms with Crippen LogP contribution in [-0.2, 0) is 7.05 Å². The first-order valence-electron chi connectivity index (χ1n) is 10.8. The van der Waals surface area contributed by atoms with Crippen LogP contribution in [0.3, 0.4) is 0 Å². The van der Waals surface area contributed by atoms with Gasteiger partial charge >= 0.3 is 0 Å². The predicted octanol–water partition coefficient (Wildman–Crippen LogP) is 3.31. The van der Waals surface area contributed by atoms with Gasteiger partial charge in [0.25, 0.3) is 11.5 Å². The number of amides is 1. The zero-order chi connectivity index (χ0) is 22.4. The van der Waals surface area contributed by atoms with Gasteiger partial charge in [0.15, 0.2) is 5.69 Å². The minimum Gasteiger partial charge on any atom is -0.339 e. The van der Waals surface area contributed by atoms with Crippen LogP contribution in [0.2, 0.25) is 5.02 Å². The molecule has 8 heteroatoms. The number of hydrogen-bond donors (Lipinski definition) is 0. The number of benzene rings is 2. The summed E-state index contributed by atoms with van der Waals surface area (Å²) in [5.41, 5.74) is 1.88. The third-order valence-electron chi connectivity index (χ3n) is 6.30. The number of aromatic nitrogens is 3. The third-order valence-corrected chi connectivity index (χ3v) is 6.54. The first-order chi connectivity index (χ1) is 15.5. The lowest BCUT2D eigenvalue weighted by atomic mass is 10.1. The molecular weight excluding hydrogens is 426 g/mol. The molecule has 0 aliphatic carbocycles. The van der Waals surface area contributed by atoms with Crippen molar-refractivity contribution < 1.29 is 4.79 Å². The summed E-state index contributed by atoms with van der Waals surface area (Å²) in [4.78, 5) is 31.4. The van der Waals surface area contributed by atoms with Crippen molar-refractivity contribution in [3.8, 4) is 5.69 Å². The van der Waals surface area contributed by atoms with Crippen LogP contribution in [0.5, 0.6) is 0 Å². The van der Waals surface area contributed by atoms with Gasteiger partial charge in [-0.05, 0) is 30.8 Å². The van der Waals surface area contributed by atoms with Crippen LogP contribution in [0.15, 0.2) is 53.3 Å². The molecule has 5 rings (SSSR count). The van der Waals surface area contributed by atoms with Gasteiger partial charge in [0.2, 0.25) is 0 Å². The monoisotopic (exact) mass is 449 g/mol. The van der Waals surface area contributed by atoms with Crippen molar-refractivity contribution in [3.05, 3.63) is 69.6 Å². The molecule has 0 unspecified atom stereocenters. The molecular formula is C24H24ClN5O2. The molecule has 0 bridgehead atoms. The van der Waals surface area contributed by atoms with Gasteiger partial charge in [-0.3, -0.25) is 9.59 Å². The Morgan fingerprint density at radius 1 is 1.06 bits per heavy atom. The van der Waals surface area contributed by atoms with E-state index in [-0.39, 0.29) is 11.5 Å². The lowest BCUT2D eigenvalue weighted by Crippen LogP contribution is -2.49. The summed E-state index contributed by atoms with van der Waals surface area (Å²) in [5.74, 6) is -0.155. The van der Waals surface area contributed by atoms with Gasteiger partial charge in [-0.25, -0.2) is 0 Å². The minimum absolute atomic E-state index is 0.155. The van der Waals surface area contributed by atoms with Crippen molar-refractivity contribution in [1.82, 2.24) is 24.1 Å². The van der Waals surface area contributed by atoms with Gasteiger partial charge in [-0.15, -0.1) is 0 Å². The van der Waals surface area contributed by atoms with Gasteiger partial charge < -0.3 is 14.4 Å². The zero-order valence-electron chi connectivity index (χ0n) is 18.1. The highest BCUT2D eigenvalue weighted by Gasteiger charge is 2.28. The Balaban J connectivity index is 1.78. The molecule has 0 saturated carbocycles. The summed E-state index contributed by atoms with van der Waals surface area (Å²) in [5, 5.41) is 6.58. The molecule has 1 saturated heterocycles. The van der Waals surface area contributed by atoms with E-state index in [4.69, 9.17) is 11.6 Å². The van der Waals surface area contributed by atoms with Crippen LogP contribution in [-0.4, -0.2) is 62.8 Å². The van der Waals surface area contributed by atoms with Gasteiger partial charge in [0.05, 0.1) is 11.2 Å². The number of rotatable bonds is 3. The van der Waals surface area contributed by atoms with Crippen molar-refractivity contribution >= 4 is 39.3 Å². The molecule has 32 heavy (non-hydrogen) atoms. The molecule has 7 nitrogen and oxygen atoms in total. The standard InChI is InChI=1S/C24H24ClN5O2/c1-3-28-11-13-29(14-12-28)23(31)21-20-18-10-9-16(25)15-19(18)27(2)22(20)24(32)30(26-21)17-7-5-4-6-8-17/h4-10,15H,3,11-14H2,1-2H3. The smallest absolute Gasteiger partial charge is 0.296 e. The first-order valence-corrected chi connectivity index (χ1v) is 11.2. The summed E-state index contributed by atoms with van der Waals surface area (Å²) in [6, 6.07) is 14.7. The van der Waals surface area contributed by atoms with Crippen LogP contribution in [0.1, 0.15) is 17.4 Å². The predicted molar refractivity (Wildman–Crippen MR) is 127 cm³/mol. The van der Waals surface area contributed by atoms with E-state index in [0.29, 0.717) is 40.4 Å². The molecule has 4 aromatic rings. The summed E-state index contributed by atoms with van der Waals surface area (Å²) in [7, 11) is 1.83. The van der Waals surface area contributed by atoms with Crippen LogP contribution < -0.4 is 5.56 Å². The van der Waals surface area contributed by atoms with Crippen LogP contribution >= 0.6 is 11.6 Å². The molecule has 0 radical (unpaired) electrons. The number of nitrogens with zero attached hydrogens (tertiary/aromatic N) is 5. The van der Waals surface area contributed by atoms with Crippen LogP contribution in [0, 0.1) is 0 Å². The second-order valence-corrected chi connectivity index (χ2v) is 8.51. The van der Waals surface area contributed by atoms with Crippen molar-refractivity contribution in [2.45, 2.75) is 6.92 Å². The number of carbonyl (C=O) groups is 1. The van der Waals surface area contributed by atoms with E-state index in [0.717, 1.165) is 30.5 Å². The third kappa shape index (κ3) is 3.29. The minimum atomic E-state index is -0.270. The maximum absolute atomic E-state index is 13.7. The Labute approximate surface area is 190 Å². The second-order valence-electron chi connectivity index (χ2n) is 8.07. The number of hydrogen-bond acceptors (Lipinski definition) is 4. The van der Waals surface area contributed by atoms with Gasteiger partial charge in [0.1, 0.15) is 5.52 Å². The normalized spacial score (nSPS) is 15.0. The fraction of sp³-hybridized carbons (Fsp3) is 0.292. The van der Waals surface area contributed by atoms with Crippen molar-refractivity contribution in [3.63, 3.8) is 0 Å². The summed E-state index contributed by atoms with van der Waals surface area (Å²) in [6.45, 7) is 6.02. The van der Waals surface area contributed by atoms with Crippen LogP contribution in [0.4, 0.5) is 0 Å². The van der Waals surface area contributed by atoms with Gasteiger partial charge in [0, 0.05) is 49.0 Å². The largest absolute Gasteiger partial charge is 0.339 e. The number of halogens is 1. The lowest BCUT2D eigenvalue weighted by molar-refractivity contribution is 0.0638. The highest BCUT2D eigenvalue weighted by molar-refractivity contribution is 6.31. The van der Waals surface area contributed by atoms with Crippen LogP contribution in [0.25, 0.3) is 27.5 Å². The highest BCUT2D eigenvalue weighted by Crippen LogP contribution is 2.31. The Hall–Kier alpha value is -3.16. The molecule has 0 spiro atoms. The van der Waals surface area contributed by atoms with E-state index in [1.54, 1.807) is 6.07 Å². The van der Waals surface area contributed by atoms with E-state index >= 15 is 0 Å². The quantitative estimate of drug-likeness (QED) is 0.481. The molecule has 3 heterocycles. The Bertz CT molecular complexity index is 1380. The average molecular weight is 450 g/mol. The SMILES string of the molecule is CCN1CCN(C(=O)c2nn(-c3ccccc3)c(=O)c3c2c2ccc(Cl)cc2n3C)CC1. The molecule has 2 aromatic carbocycles. The molecule has 1 aliphatic rings. The number of para-hydroxylation sites is 1. The molecule has 164 valence electrons. The Morgan fingerprint density at radius 2 is 1.78 bits per heavy atom. The molecule has 1 aliphatic heterocycles. The van der Waals surface area contributed by atoms with E-state index in [1.807, 2.05) is 59.0 Å². The number of aryl methyl sites for hydroxylation is 1. The van der Waals surface area contributed by atoms with E-state index in [9.17, 15) is 9.59 Å². The van der Waals surface area contributed by atoms with Crippen molar-refractivity contribution in [2.24, 2.45) is 7.05 Å². The molecule has 1 amide bonds. The van der Waals surface area contributed by atoms with E-state index < -0.39 is 0 Å².